The number of rotatable bonds is 6. The van der Waals surface area contributed by atoms with Crippen LogP contribution in [0, 0.1) is 0 Å². The van der Waals surface area contributed by atoms with Gasteiger partial charge in [0.1, 0.15) is 17.7 Å². The Bertz CT molecular complexity index is 1310. The summed E-state index contributed by atoms with van der Waals surface area (Å²) in [5.74, 6) is 0.419. The number of hydrogen-bond donors (Lipinski definition) is 2. The first-order chi connectivity index (χ1) is 15.7. The highest BCUT2D eigenvalue weighted by Crippen LogP contribution is 2.23. The van der Waals surface area contributed by atoms with Crippen LogP contribution in [0.2, 0.25) is 0 Å². The molecule has 1 fully saturated rings. The number of carbonyl (C=O) groups excluding carboxylic acids is 1. The Hall–Kier alpha value is -3.98. The first-order valence-corrected chi connectivity index (χ1v) is 10.4. The molecule has 32 heavy (non-hydrogen) atoms. The number of anilines is 1. The Morgan fingerprint density at radius 2 is 2.06 bits per heavy atom. The second-order valence-corrected chi connectivity index (χ2v) is 7.47. The van der Waals surface area contributed by atoms with Crippen molar-refractivity contribution in [3.05, 3.63) is 77.0 Å². The number of carbonyl (C=O) groups is 1. The molecule has 1 saturated heterocycles. The average Bonchev–Trinajstić information content (AvgIpc) is 3.49. The lowest BCUT2D eigenvalue weighted by Crippen LogP contribution is -2.16. The maximum Gasteiger partial charge on any atom is 0.261 e. The average molecular weight is 431 g/mol. The van der Waals surface area contributed by atoms with Crippen LogP contribution in [-0.4, -0.2) is 45.0 Å². The summed E-state index contributed by atoms with van der Waals surface area (Å²) in [5.41, 5.74) is 1.77. The summed E-state index contributed by atoms with van der Waals surface area (Å²) < 4.78 is 12.8. The highest BCUT2D eigenvalue weighted by atomic mass is 16.5. The van der Waals surface area contributed by atoms with Crippen LogP contribution < -0.4 is 15.6 Å². The SMILES string of the molecule is O=C(Nc1ccccc1-n1ncc2c(=O)[nH]cnc21)c1ccc(OCC2CCCO2)cc1. The van der Waals surface area contributed by atoms with Gasteiger partial charge in [-0.05, 0) is 49.2 Å². The van der Waals surface area contributed by atoms with E-state index >= 15 is 0 Å². The van der Waals surface area contributed by atoms with E-state index in [9.17, 15) is 9.59 Å². The van der Waals surface area contributed by atoms with E-state index in [-0.39, 0.29) is 17.6 Å². The molecule has 1 amide bonds. The zero-order valence-corrected chi connectivity index (χ0v) is 17.2. The number of ether oxygens (including phenoxy) is 2. The Labute approximate surface area is 183 Å². The third kappa shape index (κ3) is 3.97. The summed E-state index contributed by atoms with van der Waals surface area (Å²) in [4.78, 5) is 31.6. The van der Waals surface area contributed by atoms with Gasteiger partial charge in [-0.2, -0.15) is 5.10 Å². The smallest absolute Gasteiger partial charge is 0.261 e. The van der Waals surface area contributed by atoms with Crippen LogP contribution in [-0.2, 0) is 4.74 Å². The van der Waals surface area contributed by atoms with E-state index in [0.29, 0.717) is 40.3 Å². The maximum atomic E-state index is 12.9. The molecular weight excluding hydrogens is 410 g/mol. The van der Waals surface area contributed by atoms with E-state index in [4.69, 9.17) is 9.47 Å². The zero-order chi connectivity index (χ0) is 21.9. The van der Waals surface area contributed by atoms with Gasteiger partial charge >= 0.3 is 0 Å². The molecule has 9 nitrogen and oxygen atoms in total. The summed E-state index contributed by atoms with van der Waals surface area (Å²) in [6.07, 6.45) is 4.99. The summed E-state index contributed by atoms with van der Waals surface area (Å²) in [6, 6.07) is 14.2. The number of H-pyrrole nitrogens is 1. The molecule has 162 valence electrons. The van der Waals surface area contributed by atoms with Gasteiger partial charge in [0.2, 0.25) is 0 Å². The van der Waals surface area contributed by atoms with Crippen molar-refractivity contribution in [1.29, 1.82) is 0 Å². The van der Waals surface area contributed by atoms with Gasteiger partial charge in [-0.3, -0.25) is 9.59 Å². The molecule has 0 bridgehead atoms. The second-order valence-electron chi connectivity index (χ2n) is 7.47. The fourth-order valence-corrected chi connectivity index (χ4v) is 3.66. The lowest BCUT2D eigenvalue weighted by molar-refractivity contribution is 0.0679. The normalized spacial score (nSPS) is 15.7. The molecule has 0 radical (unpaired) electrons. The van der Waals surface area contributed by atoms with Gasteiger partial charge in [-0.25, -0.2) is 9.67 Å². The van der Waals surface area contributed by atoms with Gasteiger partial charge in [-0.1, -0.05) is 12.1 Å². The monoisotopic (exact) mass is 431 g/mol. The number of nitrogens with zero attached hydrogens (tertiary/aromatic N) is 3. The van der Waals surface area contributed by atoms with Crippen molar-refractivity contribution < 1.29 is 14.3 Å². The minimum atomic E-state index is -0.274. The van der Waals surface area contributed by atoms with Crippen LogP contribution in [0.4, 0.5) is 5.69 Å². The number of amides is 1. The summed E-state index contributed by atoms with van der Waals surface area (Å²) in [7, 11) is 0. The number of fused-ring (bicyclic) bond motifs is 1. The van der Waals surface area contributed by atoms with Crippen LogP contribution in [0.15, 0.2) is 65.8 Å². The van der Waals surface area contributed by atoms with Crippen LogP contribution in [0.1, 0.15) is 23.2 Å². The number of para-hydroxylation sites is 2. The van der Waals surface area contributed by atoms with Crippen molar-refractivity contribution in [1.82, 2.24) is 19.7 Å². The lowest BCUT2D eigenvalue weighted by Gasteiger charge is -2.13. The predicted molar refractivity (Wildman–Crippen MR) is 118 cm³/mol. The molecule has 9 heteroatoms. The summed E-state index contributed by atoms with van der Waals surface area (Å²) >= 11 is 0. The van der Waals surface area contributed by atoms with Gasteiger partial charge in [-0.15, -0.1) is 0 Å². The molecule has 1 aliphatic rings. The molecule has 2 N–H and O–H groups in total. The van der Waals surface area contributed by atoms with Gasteiger partial charge in [0.25, 0.3) is 11.5 Å². The third-order valence-corrected chi connectivity index (χ3v) is 5.33. The van der Waals surface area contributed by atoms with Crippen molar-refractivity contribution in [3.8, 4) is 11.4 Å². The number of nitrogens with one attached hydrogen (secondary N) is 2. The Balaban J connectivity index is 1.34. The van der Waals surface area contributed by atoms with Crippen molar-refractivity contribution in [2.24, 2.45) is 0 Å². The minimum Gasteiger partial charge on any atom is -0.491 e. The minimum absolute atomic E-state index is 0.137. The fourth-order valence-electron chi connectivity index (χ4n) is 3.66. The van der Waals surface area contributed by atoms with Crippen molar-refractivity contribution in [2.45, 2.75) is 18.9 Å². The van der Waals surface area contributed by atoms with E-state index in [1.54, 1.807) is 36.4 Å². The third-order valence-electron chi connectivity index (χ3n) is 5.33. The quantitative estimate of drug-likeness (QED) is 0.486. The largest absolute Gasteiger partial charge is 0.491 e. The molecule has 1 atom stereocenters. The molecule has 1 aliphatic heterocycles. The van der Waals surface area contributed by atoms with E-state index in [0.717, 1.165) is 19.4 Å². The first kappa shape index (κ1) is 20.0. The van der Waals surface area contributed by atoms with Crippen LogP contribution in [0.3, 0.4) is 0 Å². The van der Waals surface area contributed by atoms with Crippen molar-refractivity contribution in [3.63, 3.8) is 0 Å². The molecule has 0 spiro atoms. The molecule has 2 aromatic heterocycles. The molecule has 1 unspecified atom stereocenters. The predicted octanol–water partition coefficient (Wildman–Crippen LogP) is 2.92. The number of aromatic nitrogens is 4. The number of aromatic amines is 1. The van der Waals surface area contributed by atoms with Gasteiger partial charge in [0.15, 0.2) is 5.65 Å². The Morgan fingerprint density at radius 3 is 2.88 bits per heavy atom. The zero-order valence-electron chi connectivity index (χ0n) is 17.2. The van der Waals surface area contributed by atoms with Crippen molar-refractivity contribution in [2.75, 3.05) is 18.5 Å². The van der Waals surface area contributed by atoms with E-state index in [1.165, 1.54) is 17.2 Å². The van der Waals surface area contributed by atoms with Crippen LogP contribution in [0.25, 0.3) is 16.7 Å². The Morgan fingerprint density at radius 1 is 1.22 bits per heavy atom. The molecule has 0 aliphatic carbocycles. The van der Waals surface area contributed by atoms with Crippen LogP contribution >= 0.6 is 0 Å². The number of benzene rings is 2. The first-order valence-electron chi connectivity index (χ1n) is 10.4. The van der Waals surface area contributed by atoms with E-state index < -0.39 is 0 Å². The molecule has 4 aromatic rings. The highest BCUT2D eigenvalue weighted by molar-refractivity contribution is 6.05. The topological polar surface area (TPSA) is 111 Å². The summed E-state index contributed by atoms with van der Waals surface area (Å²) in [6.45, 7) is 1.29. The number of hydrogen-bond acceptors (Lipinski definition) is 6. The molecule has 5 rings (SSSR count). The molecule has 2 aromatic carbocycles. The van der Waals surface area contributed by atoms with Gasteiger partial charge in [0, 0.05) is 12.2 Å². The lowest BCUT2D eigenvalue weighted by atomic mass is 10.2. The highest BCUT2D eigenvalue weighted by Gasteiger charge is 2.17. The summed E-state index contributed by atoms with van der Waals surface area (Å²) in [5, 5.41) is 7.57. The van der Waals surface area contributed by atoms with Crippen LogP contribution in [0.5, 0.6) is 5.75 Å². The maximum absolute atomic E-state index is 12.9. The molecule has 0 saturated carbocycles. The second kappa shape index (κ2) is 8.64. The van der Waals surface area contributed by atoms with Crippen molar-refractivity contribution >= 4 is 22.6 Å². The Kier molecular flexibility index (Phi) is 5.39. The van der Waals surface area contributed by atoms with Gasteiger partial charge in [0.05, 0.1) is 30.0 Å². The molecule has 3 heterocycles. The van der Waals surface area contributed by atoms with Gasteiger partial charge < -0.3 is 19.8 Å². The fraction of sp³-hybridized carbons (Fsp3) is 0.217. The molecular formula is C23H21N5O4. The van der Waals surface area contributed by atoms with E-state index in [1.807, 2.05) is 12.1 Å². The van der Waals surface area contributed by atoms with E-state index in [2.05, 4.69) is 20.4 Å². The standard InChI is InChI=1S/C23H21N5O4/c29-22(15-7-9-16(10-8-15)32-13-17-4-3-11-31-17)27-19-5-1-2-6-20(19)28-21-18(12-26-28)23(30)25-14-24-21/h1-2,5-10,12,14,17H,3-4,11,13H2,(H,27,29)(H,24,25,30).